The number of fused-ring (bicyclic) bond motifs is 2. The van der Waals surface area contributed by atoms with E-state index in [1.54, 1.807) is 18.4 Å². The van der Waals surface area contributed by atoms with E-state index in [1.807, 2.05) is 6.07 Å². The first-order valence-electron chi connectivity index (χ1n) is 10.1. The summed E-state index contributed by atoms with van der Waals surface area (Å²) in [5.74, 6) is 1.94. The molecule has 2 aromatic heterocycles. The summed E-state index contributed by atoms with van der Waals surface area (Å²) in [5.41, 5.74) is 1.45. The van der Waals surface area contributed by atoms with Crippen molar-refractivity contribution in [2.75, 3.05) is 14.2 Å². The third-order valence-electron chi connectivity index (χ3n) is 5.52. The van der Waals surface area contributed by atoms with Crippen molar-refractivity contribution < 1.29 is 18.7 Å². The highest BCUT2D eigenvalue weighted by molar-refractivity contribution is 5.81. The van der Waals surface area contributed by atoms with E-state index in [-0.39, 0.29) is 17.5 Å². The summed E-state index contributed by atoms with van der Waals surface area (Å²) < 4.78 is 17.5. The molecule has 0 spiro atoms. The summed E-state index contributed by atoms with van der Waals surface area (Å²) in [5, 5.41) is 3.54. The van der Waals surface area contributed by atoms with Gasteiger partial charge in [0.15, 0.2) is 11.5 Å². The smallest absolute Gasteiger partial charge is 0.261 e. The maximum atomic E-state index is 12.8. The van der Waals surface area contributed by atoms with Crippen molar-refractivity contribution in [2.24, 2.45) is 0 Å². The molecular weight excluding hydrogens is 386 g/mol. The summed E-state index contributed by atoms with van der Waals surface area (Å²) in [6.07, 6.45) is 6.89. The predicted molar refractivity (Wildman–Crippen MR) is 111 cm³/mol. The molecule has 0 saturated heterocycles. The fourth-order valence-electron chi connectivity index (χ4n) is 3.96. The van der Waals surface area contributed by atoms with Crippen LogP contribution in [0.25, 0.3) is 10.9 Å². The van der Waals surface area contributed by atoms with Crippen LogP contribution in [0.2, 0.25) is 0 Å². The largest absolute Gasteiger partial charge is 0.493 e. The molecule has 1 aliphatic carbocycles. The second kappa shape index (κ2) is 8.61. The molecule has 4 rings (SSSR count). The van der Waals surface area contributed by atoms with E-state index in [4.69, 9.17) is 13.9 Å². The van der Waals surface area contributed by atoms with Crippen LogP contribution in [0.3, 0.4) is 0 Å². The third-order valence-corrected chi connectivity index (χ3v) is 5.52. The zero-order valence-electron chi connectivity index (χ0n) is 17.1. The number of hydrogen-bond acceptors (Lipinski definition) is 6. The fourth-order valence-corrected chi connectivity index (χ4v) is 3.96. The number of methoxy groups -OCH3 is 2. The topological polar surface area (TPSA) is 95.6 Å². The maximum absolute atomic E-state index is 12.8. The second-order valence-corrected chi connectivity index (χ2v) is 7.38. The van der Waals surface area contributed by atoms with Crippen LogP contribution in [-0.2, 0) is 17.8 Å². The monoisotopic (exact) mass is 411 g/mol. The molecule has 0 saturated carbocycles. The second-order valence-electron chi connectivity index (χ2n) is 7.38. The van der Waals surface area contributed by atoms with Crippen molar-refractivity contribution in [1.29, 1.82) is 0 Å². The van der Waals surface area contributed by atoms with Gasteiger partial charge in [-0.3, -0.25) is 14.2 Å². The average molecular weight is 411 g/mol. The number of furan rings is 1. The van der Waals surface area contributed by atoms with Gasteiger partial charge in [0, 0.05) is 31.0 Å². The van der Waals surface area contributed by atoms with Crippen molar-refractivity contribution in [2.45, 2.75) is 44.7 Å². The lowest BCUT2D eigenvalue weighted by Gasteiger charge is -2.22. The van der Waals surface area contributed by atoms with Crippen LogP contribution >= 0.6 is 0 Å². The molecule has 1 N–H and O–H groups in total. The van der Waals surface area contributed by atoms with Gasteiger partial charge in [-0.1, -0.05) is 0 Å². The first-order chi connectivity index (χ1) is 14.6. The van der Waals surface area contributed by atoms with Gasteiger partial charge < -0.3 is 19.2 Å². The van der Waals surface area contributed by atoms with Crippen LogP contribution in [0.15, 0.2) is 40.0 Å². The summed E-state index contributed by atoms with van der Waals surface area (Å²) in [7, 11) is 3.06. The van der Waals surface area contributed by atoms with Crippen LogP contribution in [0.5, 0.6) is 11.5 Å². The molecule has 0 aliphatic heterocycles. The third kappa shape index (κ3) is 3.90. The molecule has 0 radical (unpaired) electrons. The maximum Gasteiger partial charge on any atom is 0.261 e. The van der Waals surface area contributed by atoms with E-state index in [2.05, 4.69) is 10.3 Å². The van der Waals surface area contributed by atoms with Crippen LogP contribution in [0.1, 0.15) is 43.0 Å². The number of ether oxygens (including phenoxy) is 2. The number of hydrogen-bond donors (Lipinski definition) is 1. The van der Waals surface area contributed by atoms with Crippen LogP contribution in [0.4, 0.5) is 0 Å². The van der Waals surface area contributed by atoms with Gasteiger partial charge >= 0.3 is 0 Å². The fraction of sp³-hybridized carbons (Fsp3) is 0.409. The molecule has 1 unspecified atom stereocenters. The minimum Gasteiger partial charge on any atom is -0.493 e. The lowest BCUT2D eigenvalue weighted by atomic mass is 9.93. The number of nitrogens with one attached hydrogen (secondary N) is 1. The van der Waals surface area contributed by atoms with Gasteiger partial charge in [-0.05, 0) is 31.4 Å². The molecule has 158 valence electrons. The molecular formula is C22H25N3O5. The van der Waals surface area contributed by atoms with Crippen molar-refractivity contribution in [3.63, 3.8) is 0 Å². The van der Waals surface area contributed by atoms with Gasteiger partial charge in [-0.15, -0.1) is 0 Å². The predicted octanol–water partition coefficient (Wildman–Crippen LogP) is 2.98. The molecule has 30 heavy (non-hydrogen) atoms. The highest BCUT2D eigenvalue weighted by atomic mass is 16.5. The zero-order chi connectivity index (χ0) is 21.1. The van der Waals surface area contributed by atoms with Gasteiger partial charge in [-0.2, -0.15) is 0 Å². The Morgan fingerprint density at radius 3 is 2.90 bits per heavy atom. The van der Waals surface area contributed by atoms with Crippen LogP contribution in [0, 0.1) is 0 Å². The highest BCUT2D eigenvalue weighted by Crippen LogP contribution is 2.31. The zero-order valence-corrected chi connectivity index (χ0v) is 17.1. The molecule has 0 bridgehead atoms. The van der Waals surface area contributed by atoms with Gasteiger partial charge in [0.25, 0.3) is 5.56 Å². The molecule has 0 fully saturated rings. The van der Waals surface area contributed by atoms with Gasteiger partial charge in [0.05, 0.1) is 43.8 Å². The summed E-state index contributed by atoms with van der Waals surface area (Å²) >= 11 is 0. The van der Waals surface area contributed by atoms with Gasteiger partial charge in [0.2, 0.25) is 5.91 Å². The summed E-state index contributed by atoms with van der Waals surface area (Å²) in [6.45, 7) is 0.408. The number of aryl methyl sites for hydroxylation is 2. The molecule has 1 atom stereocenters. The van der Waals surface area contributed by atoms with E-state index in [1.165, 1.54) is 25.1 Å². The van der Waals surface area contributed by atoms with Crippen molar-refractivity contribution in [3.05, 3.63) is 52.5 Å². The minimum atomic E-state index is -0.170. The number of amides is 1. The standard InChI is InChI=1S/C22H25N3O5/c1-28-19-11-15-17(12-20(19)29-2)23-13-25(22(15)27)9-4-7-21(26)24-16-5-3-6-18-14(16)8-10-30-18/h8,10-13,16H,3-7,9H2,1-2H3,(H,24,26). The molecule has 3 aromatic rings. The molecule has 2 heterocycles. The normalized spacial score (nSPS) is 15.6. The molecule has 1 amide bonds. The minimum absolute atomic E-state index is 0.00695. The van der Waals surface area contributed by atoms with Crippen molar-refractivity contribution in [3.8, 4) is 11.5 Å². The number of rotatable bonds is 7. The molecule has 1 aromatic carbocycles. The Bertz CT molecular complexity index is 1120. The first-order valence-corrected chi connectivity index (χ1v) is 10.1. The first kappa shape index (κ1) is 20.0. The Hall–Kier alpha value is -3.29. The Balaban J connectivity index is 1.40. The van der Waals surface area contributed by atoms with Crippen molar-refractivity contribution >= 4 is 16.8 Å². The summed E-state index contributed by atoms with van der Waals surface area (Å²) in [4.78, 5) is 29.6. The van der Waals surface area contributed by atoms with Gasteiger partial charge in [0.1, 0.15) is 5.76 Å². The molecule has 8 heteroatoms. The average Bonchev–Trinajstić information content (AvgIpc) is 3.24. The Morgan fingerprint density at radius 2 is 2.10 bits per heavy atom. The lowest BCUT2D eigenvalue weighted by molar-refractivity contribution is -0.122. The number of benzene rings is 1. The van der Waals surface area contributed by atoms with Gasteiger partial charge in [-0.25, -0.2) is 4.98 Å². The number of carbonyl (C=O) groups is 1. The number of nitrogens with zero attached hydrogens (tertiary/aromatic N) is 2. The SMILES string of the molecule is COc1cc2ncn(CCCC(=O)NC3CCCc4occc43)c(=O)c2cc1OC. The van der Waals surface area contributed by atoms with Crippen LogP contribution in [-0.4, -0.2) is 29.7 Å². The van der Waals surface area contributed by atoms with E-state index < -0.39 is 0 Å². The highest BCUT2D eigenvalue weighted by Gasteiger charge is 2.23. The van der Waals surface area contributed by atoms with E-state index >= 15 is 0 Å². The Morgan fingerprint density at radius 1 is 1.30 bits per heavy atom. The summed E-state index contributed by atoms with van der Waals surface area (Å²) in [6, 6.07) is 5.26. The van der Waals surface area contributed by atoms with E-state index in [0.29, 0.717) is 41.8 Å². The molecule has 1 aliphatic rings. The quantitative estimate of drug-likeness (QED) is 0.642. The van der Waals surface area contributed by atoms with E-state index in [9.17, 15) is 9.59 Å². The van der Waals surface area contributed by atoms with Crippen LogP contribution < -0.4 is 20.3 Å². The lowest BCUT2D eigenvalue weighted by Crippen LogP contribution is -2.30. The number of carbonyl (C=O) groups excluding carboxylic acids is 1. The number of aromatic nitrogens is 2. The van der Waals surface area contributed by atoms with Crippen molar-refractivity contribution in [1.82, 2.24) is 14.9 Å². The Labute approximate surface area is 173 Å². The Kier molecular flexibility index (Phi) is 5.74. The van der Waals surface area contributed by atoms with E-state index in [0.717, 1.165) is 30.6 Å². The molecule has 8 nitrogen and oxygen atoms in total.